The van der Waals surface area contributed by atoms with E-state index in [9.17, 15) is 9.90 Å². The minimum atomic E-state index is -0.943. The predicted octanol–water partition coefficient (Wildman–Crippen LogP) is 0.237. The van der Waals surface area contributed by atoms with E-state index in [2.05, 4.69) is 22.3 Å². The van der Waals surface area contributed by atoms with Crippen LogP contribution in [-0.2, 0) is 11.3 Å². The molecule has 0 saturated carbocycles. The van der Waals surface area contributed by atoms with Crippen molar-refractivity contribution in [2.45, 2.75) is 25.9 Å². The second-order valence-corrected chi connectivity index (χ2v) is 5.12. The number of piperazine rings is 1. The molecule has 1 aliphatic rings. The number of nitrogens with one attached hydrogen (secondary N) is 1. The number of hydrogen-bond donors (Lipinski definition) is 1. The highest BCUT2D eigenvalue weighted by atomic mass is 16.4. The van der Waals surface area contributed by atoms with Crippen molar-refractivity contribution in [3.8, 4) is 0 Å². The number of carbonyl (C=O) groups is 1. The molecule has 1 aromatic rings. The molecule has 2 rings (SSSR count). The van der Waals surface area contributed by atoms with Gasteiger partial charge in [0.2, 0.25) is 0 Å². The fourth-order valence-electron chi connectivity index (χ4n) is 2.71. The van der Waals surface area contributed by atoms with Crippen LogP contribution in [0.3, 0.4) is 0 Å². The first-order valence-electron chi connectivity index (χ1n) is 6.91. The maximum absolute atomic E-state index is 11.1. The van der Waals surface area contributed by atoms with Crippen molar-refractivity contribution in [2.24, 2.45) is 5.92 Å². The molecule has 0 aromatic heterocycles. The molecule has 0 aliphatic carbocycles. The molecule has 1 aromatic carbocycles. The van der Waals surface area contributed by atoms with Crippen molar-refractivity contribution in [3.05, 3.63) is 35.9 Å². The summed E-state index contributed by atoms with van der Waals surface area (Å²) in [6.45, 7) is 5.33. The van der Waals surface area contributed by atoms with E-state index in [1.54, 1.807) is 0 Å². The number of carboxylic acid groups (broad SMARTS) is 1. The molecule has 0 bridgehead atoms. The van der Waals surface area contributed by atoms with Gasteiger partial charge in [-0.2, -0.15) is 0 Å². The molecular formula is C15H21N2O2-. The number of benzene rings is 1. The lowest BCUT2D eigenvalue weighted by molar-refractivity contribution is -0.312. The van der Waals surface area contributed by atoms with Gasteiger partial charge in [-0.05, 0) is 12.0 Å². The first-order chi connectivity index (χ1) is 9.20. The summed E-state index contributed by atoms with van der Waals surface area (Å²) in [6.07, 6.45) is 0.610. The predicted molar refractivity (Wildman–Crippen MR) is 72.3 cm³/mol. The number of hydrogen-bond acceptors (Lipinski definition) is 4. The van der Waals surface area contributed by atoms with E-state index in [1.807, 2.05) is 25.1 Å². The second kappa shape index (κ2) is 6.68. The van der Waals surface area contributed by atoms with Gasteiger partial charge in [-0.25, -0.2) is 0 Å². The van der Waals surface area contributed by atoms with E-state index < -0.39 is 11.9 Å². The highest BCUT2D eigenvalue weighted by Crippen LogP contribution is 2.14. The summed E-state index contributed by atoms with van der Waals surface area (Å²) in [5.41, 5.74) is 1.27. The summed E-state index contributed by atoms with van der Waals surface area (Å²) in [6, 6.07) is 10.3. The van der Waals surface area contributed by atoms with Crippen LogP contribution in [0.1, 0.15) is 18.9 Å². The highest BCUT2D eigenvalue weighted by Gasteiger charge is 2.26. The van der Waals surface area contributed by atoms with Crippen LogP contribution >= 0.6 is 0 Å². The van der Waals surface area contributed by atoms with Crippen molar-refractivity contribution in [3.63, 3.8) is 0 Å². The summed E-state index contributed by atoms with van der Waals surface area (Å²) >= 11 is 0. The third-order valence-corrected chi connectivity index (χ3v) is 3.77. The molecular weight excluding hydrogens is 240 g/mol. The number of carbonyl (C=O) groups excluding carboxylic acids is 1. The van der Waals surface area contributed by atoms with Gasteiger partial charge in [0, 0.05) is 44.1 Å². The average Bonchev–Trinajstić information content (AvgIpc) is 2.41. The normalized spacial score (nSPS) is 22.1. The monoisotopic (exact) mass is 261 g/mol. The quantitative estimate of drug-likeness (QED) is 0.825. The van der Waals surface area contributed by atoms with Crippen molar-refractivity contribution in [1.82, 2.24) is 10.2 Å². The van der Waals surface area contributed by atoms with E-state index in [0.717, 1.165) is 26.2 Å². The number of nitrogens with zero attached hydrogens (tertiary/aromatic N) is 1. The Morgan fingerprint density at radius 2 is 2.21 bits per heavy atom. The lowest BCUT2D eigenvalue weighted by Crippen LogP contribution is -2.56. The van der Waals surface area contributed by atoms with Gasteiger partial charge in [0.1, 0.15) is 0 Å². The molecule has 1 aliphatic heterocycles. The van der Waals surface area contributed by atoms with Crippen molar-refractivity contribution < 1.29 is 9.90 Å². The van der Waals surface area contributed by atoms with Gasteiger partial charge in [-0.3, -0.25) is 4.90 Å². The average molecular weight is 261 g/mol. The first-order valence-corrected chi connectivity index (χ1v) is 6.91. The summed E-state index contributed by atoms with van der Waals surface area (Å²) < 4.78 is 0. The van der Waals surface area contributed by atoms with E-state index in [-0.39, 0.29) is 6.04 Å². The molecule has 0 radical (unpaired) electrons. The topological polar surface area (TPSA) is 55.4 Å². The molecule has 2 atom stereocenters. The third kappa shape index (κ3) is 3.78. The van der Waals surface area contributed by atoms with Gasteiger partial charge in [-0.15, -0.1) is 0 Å². The maximum atomic E-state index is 11.1. The SMILES string of the molecule is CCC(C(=O)[O-])C1CN(Cc2ccccc2)CCN1. The summed E-state index contributed by atoms with van der Waals surface area (Å²) in [5.74, 6) is -1.35. The fraction of sp³-hybridized carbons (Fsp3) is 0.533. The zero-order chi connectivity index (χ0) is 13.7. The van der Waals surface area contributed by atoms with Crippen LogP contribution in [0.4, 0.5) is 0 Å². The van der Waals surface area contributed by atoms with Crippen molar-refractivity contribution >= 4 is 5.97 Å². The van der Waals surface area contributed by atoms with E-state index >= 15 is 0 Å². The van der Waals surface area contributed by atoms with Crippen molar-refractivity contribution in [2.75, 3.05) is 19.6 Å². The van der Waals surface area contributed by atoms with Crippen molar-refractivity contribution in [1.29, 1.82) is 0 Å². The fourth-order valence-corrected chi connectivity index (χ4v) is 2.71. The summed E-state index contributed by atoms with van der Waals surface area (Å²) in [7, 11) is 0. The Morgan fingerprint density at radius 1 is 1.47 bits per heavy atom. The molecule has 4 heteroatoms. The van der Waals surface area contributed by atoms with Crippen LogP contribution < -0.4 is 10.4 Å². The zero-order valence-corrected chi connectivity index (χ0v) is 11.3. The van der Waals surface area contributed by atoms with Crippen LogP contribution in [-0.4, -0.2) is 36.5 Å². The zero-order valence-electron chi connectivity index (χ0n) is 11.3. The Morgan fingerprint density at radius 3 is 2.84 bits per heavy atom. The Labute approximate surface area is 114 Å². The summed E-state index contributed by atoms with van der Waals surface area (Å²) in [5, 5.41) is 14.4. The summed E-state index contributed by atoms with van der Waals surface area (Å²) in [4.78, 5) is 13.4. The molecule has 1 N–H and O–H groups in total. The molecule has 0 amide bonds. The van der Waals surface area contributed by atoms with Crippen LogP contribution in [0.15, 0.2) is 30.3 Å². The number of carboxylic acids is 1. The molecule has 1 saturated heterocycles. The van der Waals surface area contributed by atoms with Gasteiger partial charge in [0.25, 0.3) is 0 Å². The molecule has 104 valence electrons. The molecule has 2 unspecified atom stereocenters. The minimum Gasteiger partial charge on any atom is -0.550 e. The van der Waals surface area contributed by atoms with Gasteiger partial charge < -0.3 is 15.2 Å². The van der Waals surface area contributed by atoms with Crippen LogP contribution in [0.25, 0.3) is 0 Å². The van der Waals surface area contributed by atoms with Gasteiger partial charge in [-0.1, -0.05) is 37.3 Å². The molecule has 1 heterocycles. The largest absolute Gasteiger partial charge is 0.550 e. The number of rotatable bonds is 5. The Balaban J connectivity index is 1.95. The highest BCUT2D eigenvalue weighted by molar-refractivity contribution is 5.68. The lowest BCUT2D eigenvalue weighted by Gasteiger charge is -2.38. The second-order valence-electron chi connectivity index (χ2n) is 5.12. The molecule has 19 heavy (non-hydrogen) atoms. The smallest absolute Gasteiger partial charge is 0.0461 e. The first kappa shape index (κ1) is 14.0. The van der Waals surface area contributed by atoms with Gasteiger partial charge >= 0.3 is 0 Å². The third-order valence-electron chi connectivity index (χ3n) is 3.77. The lowest BCUT2D eigenvalue weighted by atomic mass is 9.95. The van der Waals surface area contributed by atoms with Crippen LogP contribution in [0.5, 0.6) is 0 Å². The Hall–Kier alpha value is -1.39. The maximum Gasteiger partial charge on any atom is 0.0461 e. The molecule has 1 fully saturated rings. The van der Waals surface area contributed by atoms with Gasteiger partial charge in [0.15, 0.2) is 0 Å². The van der Waals surface area contributed by atoms with E-state index in [0.29, 0.717) is 6.42 Å². The van der Waals surface area contributed by atoms with Gasteiger partial charge in [0.05, 0.1) is 0 Å². The van der Waals surface area contributed by atoms with Crippen LogP contribution in [0.2, 0.25) is 0 Å². The van der Waals surface area contributed by atoms with Crippen LogP contribution in [0, 0.1) is 5.92 Å². The van der Waals surface area contributed by atoms with E-state index in [1.165, 1.54) is 5.56 Å². The van der Waals surface area contributed by atoms with E-state index in [4.69, 9.17) is 0 Å². The number of aliphatic carboxylic acids is 1. The molecule has 0 spiro atoms. The standard InChI is InChI=1S/C15H22N2O2/c1-2-13(15(18)19)14-11-17(9-8-16-14)10-12-6-4-3-5-7-12/h3-7,13-14,16H,2,8-11H2,1H3,(H,18,19)/p-1. The Kier molecular flexibility index (Phi) is 4.93. The minimum absolute atomic E-state index is 0.00698. The Bertz CT molecular complexity index is 408. The molecule has 4 nitrogen and oxygen atoms in total.